The summed E-state index contributed by atoms with van der Waals surface area (Å²) in [4.78, 5) is 14.9. The quantitative estimate of drug-likeness (QED) is 0.656. The normalized spacial score (nSPS) is 17.1. The number of carboxylic acids is 1. The first-order valence-corrected chi connectivity index (χ1v) is 11.0. The molecular formula is C18H19N3O4S2. The third-order valence-corrected chi connectivity index (χ3v) is 7.61. The van der Waals surface area contributed by atoms with Gasteiger partial charge in [-0.2, -0.15) is 0 Å². The summed E-state index contributed by atoms with van der Waals surface area (Å²) in [5, 5.41) is 11.8. The van der Waals surface area contributed by atoms with Crippen LogP contribution in [0.1, 0.15) is 24.1 Å². The van der Waals surface area contributed by atoms with Gasteiger partial charge in [0.15, 0.2) is 0 Å². The molecule has 3 aromatic rings. The number of aliphatic carboxylic acids is 1. The Morgan fingerprint density at radius 3 is 2.93 bits per heavy atom. The molecule has 0 saturated heterocycles. The van der Waals surface area contributed by atoms with Crippen LogP contribution in [0.2, 0.25) is 0 Å². The summed E-state index contributed by atoms with van der Waals surface area (Å²) in [6, 6.07) is 7.69. The zero-order valence-corrected chi connectivity index (χ0v) is 16.1. The maximum absolute atomic E-state index is 12.5. The fraction of sp³-hybridized carbons (Fsp3) is 0.333. The lowest BCUT2D eigenvalue weighted by atomic mass is 9.92. The van der Waals surface area contributed by atoms with Gasteiger partial charge >= 0.3 is 5.97 Å². The van der Waals surface area contributed by atoms with Crippen molar-refractivity contribution in [1.29, 1.82) is 0 Å². The molecule has 142 valence electrons. The predicted octanol–water partition coefficient (Wildman–Crippen LogP) is 2.41. The minimum atomic E-state index is -3.61. The van der Waals surface area contributed by atoms with E-state index in [0.717, 1.165) is 33.5 Å². The molecule has 0 radical (unpaired) electrons. The van der Waals surface area contributed by atoms with E-state index in [4.69, 9.17) is 5.11 Å². The number of carboxylic acid groups (broad SMARTS) is 1. The minimum Gasteiger partial charge on any atom is -0.481 e. The molecule has 0 aliphatic heterocycles. The van der Waals surface area contributed by atoms with Gasteiger partial charge in [-0.05, 0) is 30.9 Å². The molecule has 0 saturated carbocycles. The Kier molecular flexibility index (Phi) is 4.75. The van der Waals surface area contributed by atoms with Gasteiger partial charge < -0.3 is 9.67 Å². The summed E-state index contributed by atoms with van der Waals surface area (Å²) in [5.74, 6) is -0.827. The highest BCUT2D eigenvalue weighted by Gasteiger charge is 2.29. The van der Waals surface area contributed by atoms with Gasteiger partial charge in [-0.1, -0.05) is 18.2 Å². The third kappa shape index (κ3) is 3.50. The van der Waals surface area contributed by atoms with Crippen molar-refractivity contribution >= 4 is 38.2 Å². The van der Waals surface area contributed by atoms with Gasteiger partial charge in [0.25, 0.3) is 10.0 Å². The van der Waals surface area contributed by atoms with Crippen LogP contribution in [0.25, 0.3) is 10.9 Å². The number of nitrogens with zero attached hydrogens (tertiary/aromatic N) is 2. The van der Waals surface area contributed by atoms with Crippen molar-refractivity contribution < 1.29 is 18.3 Å². The number of aromatic nitrogens is 2. The second kappa shape index (κ2) is 7.06. The summed E-state index contributed by atoms with van der Waals surface area (Å²) in [6.45, 7) is 0.417. The molecule has 1 aliphatic rings. The van der Waals surface area contributed by atoms with Crippen LogP contribution in [0.4, 0.5) is 0 Å². The molecule has 2 heterocycles. The number of aryl methyl sites for hydroxylation is 1. The molecule has 1 unspecified atom stereocenters. The van der Waals surface area contributed by atoms with E-state index in [-0.39, 0.29) is 16.8 Å². The lowest BCUT2D eigenvalue weighted by molar-refractivity contribution is -0.137. The van der Waals surface area contributed by atoms with Crippen LogP contribution in [-0.2, 0) is 34.2 Å². The summed E-state index contributed by atoms with van der Waals surface area (Å²) in [6.07, 6.45) is 3.50. The van der Waals surface area contributed by atoms with Gasteiger partial charge in [0.2, 0.25) is 4.34 Å². The highest BCUT2D eigenvalue weighted by molar-refractivity contribution is 7.91. The van der Waals surface area contributed by atoms with Crippen LogP contribution < -0.4 is 4.72 Å². The molecular weight excluding hydrogens is 386 g/mol. The Morgan fingerprint density at radius 2 is 2.19 bits per heavy atom. The van der Waals surface area contributed by atoms with Crippen molar-refractivity contribution in [1.82, 2.24) is 14.3 Å². The Balaban J connectivity index is 1.65. The molecule has 7 nitrogen and oxygen atoms in total. The predicted molar refractivity (Wildman–Crippen MR) is 102 cm³/mol. The molecule has 1 aliphatic carbocycles. The van der Waals surface area contributed by atoms with Crippen molar-refractivity contribution in [3.05, 3.63) is 47.1 Å². The Bertz CT molecular complexity index is 1090. The average Bonchev–Trinajstić information content (AvgIpc) is 3.27. The SMILES string of the molecule is O=C(O)CCn1c2c(c3ccccc31)CC(NS(=O)(=O)c1nccs1)CC2. The van der Waals surface area contributed by atoms with Crippen LogP contribution in [0.5, 0.6) is 0 Å². The topological polar surface area (TPSA) is 101 Å². The highest BCUT2D eigenvalue weighted by Crippen LogP contribution is 2.33. The molecule has 2 aromatic heterocycles. The van der Waals surface area contributed by atoms with E-state index in [0.29, 0.717) is 25.8 Å². The maximum Gasteiger partial charge on any atom is 0.305 e. The maximum atomic E-state index is 12.5. The number of hydrogen-bond acceptors (Lipinski definition) is 5. The summed E-state index contributed by atoms with van der Waals surface area (Å²) < 4.78 is 29.9. The number of fused-ring (bicyclic) bond motifs is 3. The van der Waals surface area contributed by atoms with Gasteiger partial charge in [0, 0.05) is 40.8 Å². The first-order chi connectivity index (χ1) is 13.0. The standard InChI is InChI=1S/C18H19N3O4S2/c22-17(23)7-9-21-15-4-2-1-3-13(15)14-11-12(5-6-16(14)21)20-27(24,25)18-19-8-10-26-18/h1-4,8,10,12,20H,5-7,9,11H2,(H,22,23). The monoisotopic (exact) mass is 405 g/mol. The van der Waals surface area contributed by atoms with Crippen molar-refractivity contribution in [2.24, 2.45) is 0 Å². The highest BCUT2D eigenvalue weighted by atomic mass is 32.2. The fourth-order valence-electron chi connectivity index (χ4n) is 3.78. The first-order valence-electron chi connectivity index (χ1n) is 8.68. The van der Waals surface area contributed by atoms with E-state index in [9.17, 15) is 13.2 Å². The lowest BCUT2D eigenvalue weighted by Crippen LogP contribution is -2.39. The number of rotatable bonds is 6. The molecule has 2 N–H and O–H groups in total. The number of benzene rings is 1. The second-order valence-electron chi connectivity index (χ2n) is 6.60. The van der Waals surface area contributed by atoms with E-state index in [1.165, 1.54) is 6.20 Å². The second-order valence-corrected chi connectivity index (χ2v) is 9.38. The first kappa shape index (κ1) is 18.1. The van der Waals surface area contributed by atoms with Crippen LogP contribution in [0.3, 0.4) is 0 Å². The smallest absolute Gasteiger partial charge is 0.305 e. The Labute approximate surface area is 160 Å². The van der Waals surface area contributed by atoms with Gasteiger partial charge in [-0.3, -0.25) is 4.79 Å². The zero-order valence-electron chi connectivity index (χ0n) is 14.5. The Hall–Kier alpha value is -2.23. The van der Waals surface area contributed by atoms with E-state index >= 15 is 0 Å². The molecule has 1 aromatic carbocycles. The van der Waals surface area contributed by atoms with Gasteiger partial charge in [0.1, 0.15) is 0 Å². The molecule has 0 amide bonds. The van der Waals surface area contributed by atoms with Crippen molar-refractivity contribution in [2.45, 2.75) is 42.6 Å². The molecule has 27 heavy (non-hydrogen) atoms. The van der Waals surface area contributed by atoms with Gasteiger partial charge in [-0.25, -0.2) is 18.1 Å². The van der Waals surface area contributed by atoms with Crippen molar-refractivity contribution in [3.63, 3.8) is 0 Å². The largest absolute Gasteiger partial charge is 0.481 e. The Morgan fingerprint density at radius 1 is 1.37 bits per heavy atom. The van der Waals surface area contributed by atoms with E-state index in [1.807, 2.05) is 24.3 Å². The minimum absolute atomic E-state index is 0.0607. The van der Waals surface area contributed by atoms with Gasteiger partial charge in [0.05, 0.1) is 6.42 Å². The van der Waals surface area contributed by atoms with Crippen LogP contribution >= 0.6 is 11.3 Å². The molecule has 4 rings (SSSR count). The number of nitrogens with one attached hydrogen (secondary N) is 1. The summed E-state index contributed by atoms with van der Waals surface area (Å²) in [7, 11) is -3.61. The summed E-state index contributed by atoms with van der Waals surface area (Å²) >= 11 is 1.10. The molecule has 0 bridgehead atoms. The molecule has 9 heteroatoms. The number of para-hydroxylation sites is 1. The van der Waals surface area contributed by atoms with E-state index in [2.05, 4.69) is 14.3 Å². The van der Waals surface area contributed by atoms with E-state index in [1.54, 1.807) is 5.38 Å². The molecule has 0 spiro atoms. The van der Waals surface area contributed by atoms with Crippen molar-refractivity contribution in [3.8, 4) is 0 Å². The van der Waals surface area contributed by atoms with Crippen LogP contribution in [-0.4, -0.2) is 35.1 Å². The lowest BCUT2D eigenvalue weighted by Gasteiger charge is -2.24. The number of carbonyl (C=O) groups is 1. The number of thiazole rings is 1. The molecule has 1 atom stereocenters. The number of hydrogen-bond donors (Lipinski definition) is 2. The zero-order chi connectivity index (χ0) is 19.0. The number of sulfonamides is 1. The average molecular weight is 406 g/mol. The molecule has 0 fully saturated rings. The van der Waals surface area contributed by atoms with Crippen molar-refractivity contribution in [2.75, 3.05) is 0 Å². The van der Waals surface area contributed by atoms with E-state index < -0.39 is 16.0 Å². The fourth-order valence-corrected chi connectivity index (χ4v) is 5.90. The third-order valence-electron chi connectivity index (χ3n) is 4.88. The van der Waals surface area contributed by atoms with Crippen LogP contribution in [0, 0.1) is 0 Å². The van der Waals surface area contributed by atoms with Crippen LogP contribution in [0.15, 0.2) is 40.2 Å². The van der Waals surface area contributed by atoms with Gasteiger partial charge in [-0.15, -0.1) is 11.3 Å². The summed E-state index contributed by atoms with van der Waals surface area (Å²) in [5.41, 5.74) is 3.23.